The second-order valence-corrected chi connectivity index (χ2v) is 7.17. The number of nitrogens with zero attached hydrogens (tertiary/aromatic N) is 2. The van der Waals surface area contributed by atoms with Crippen molar-refractivity contribution in [3.05, 3.63) is 33.3 Å². The molecule has 0 bridgehead atoms. The van der Waals surface area contributed by atoms with E-state index in [2.05, 4.69) is 0 Å². The molecule has 0 amide bonds. The van der Waals surface area contributed by atoms with Gasteiger partial charge in [-0.15, -0.1) is 0 Å². The maximum Gasteiger partial charge on any atom is 0.270 e. The van der Waals surface area contributed by atoms with Crippen molar-refractivity contribution in [3.63, 3.8) is 0 Å². The number of halogens is 1. The fourth-order valence-electron chi connectivity index (χ4n) is 2.14. The lowest BCUT2D eigenvalue weighted by Crippen LogP contribution is -2.43. The van der Waals surface area contributed by atoms with Gasteiger partial charge in [-0.1, -0.05) is 18.5 Å². The SMILES string of the molecule is CC1CN(S(=O)(=O)c2cc([N+](=O)[O-])ccc2Cl)CCC1=O. The molecule has 1 fully saturated rings. The molecule has 21 heavy (non-hydrogen) atoms. The van der Waals surface area contributed by atoms with E-state index in [4.69, 9.17) is 11.6 Å². The molecule has 1 aliphatic heterocycles. The highest BCUT2D eigenvalue weighted by atomic mass is 35.5. The van der Waals surface area contributed by atoms with Gasteiger partial charge in [-0.25, -0.2) is 8.42 Å². The molecule has 7 nitrogen and oxygen atoms in total. The van der Waals surface area contributed by atoms with Gasteiger partial charge in [0.2, 0.25) is 10.0 Å². The highest BCUT2D eigenvalue weighted by molar-refractivity contribution is 7.89. The number of piperidine rings is 1. The highest BCUT2D eigenvalue weighted by Crippen LogP contribution is 2.30. The summed E-state index contributed by atoms with van der Waals surface area (Å²) in [7, 11) is -3.96. The normalized spacial score (nSPS) is 20.5. The van der Waals surface area contributed by atoms with E-state index in [1.54, 1.807) is 6.92 Å². The van der Waals surface area contributed by atoms with Crippen LogP contribution < -0.4 is 0 Å². The monoisotopic (exact) mass is 332 g/mol. The summed E-state index contributed by atoms with van der Waals surface area (Å²) in [6.45, 7) is 1.77. The van der Waals surface area contributed by atoms with Crippen LogP contribution in [0, 0.1) is 16.0 Å². The van der Waals surface area contributed by atoms with Crippen molar-refractivity contribution in [1.29, 1.82) is 0 Å². The first-order chi connectivity index (χ1) is 9.73. The molecule has 1 aromatic carbocycles. The maximum absolute atomic E-state index is 12.5. The van der Waals surface area contributed by atoms with Crippen LogP contribution in [0.5, 0.6) is 0 Å². The Labute approximate surface area is 126 Å². The van der Waals surface area contributed by atoms with Crippen molar-refractivity contribution in [1.82, 2.24) is 4.31 Å². The molecule has 2 rings (SSSR count). The molecule has 114 valence electrons. The summed E-state index contributed by atoms with van der Waals surface area (Å²) in [5, 5.41) is 10.7. The molecule has 0 saturated carbocycles. The Morgan fingerprint density at radius 3 is 2.67 bits per heavy atom. The first kappa shape index (κ1) is 15.9. The first-order valence-electron chi connectivity index (χ1n) is 6.20. The quantitative estimate of drug-likeness (QED) is 0.621. The van der Waals surface area contributed by atoms with Crippen LogP contribution in [0.25, 0.3) is 0 Å². The third-order valence-electron chi connectivity index (χ3n) is 3.38. The number of hydrogen-bond donors (Lipinski definition) is 0. The lowest BCUT2D eigenvalue weighted by Gasteiger charge is -2.29. The Hall–Kier alpha value is -1.51. The Morgan fingerprint density at radius 2 is 2.10 bits per heavy atom. The van der Waals surface area contributed by atoms with Crippen LogP contribution in [0.2, 0.25) is 5.02 Å². The van der Waals surface area contributed by atoms with Crippen LogP contribution in [0.1, 0.15) is 13.3 Å². The number of carbonyl (C=O) groups is 1. The second-order valence-electron chi connectivity index (χ2n) is 4.85. The molecule has 1 aliphatic rings. The van der Waals surface area contributed by atoms with Crippen LogP contribution in [0.4, 0.5) is 5.69 Å². The van der Waals surface area contributed by atoms with E-state index in [0.717, 1.165) is 16.4 Å². The average Bonchev–Trinajstić information content (AvgIpc) is 2.41. The minimum atomic E-state index is -3.96. The summed E-state index contributed by atoms with van der Waals surface area (Å²) >= 11 is 5.87. The number of rotatable bonds is 3. The summed E-state index contributed by atoms with van der Waals surface area (Å²) in [6.07, 6.45) is 0.132. The molecular formula is C12H13ClN2O5S. The van der Waals surface area contributed by atoms with Crippen LogP contribution in [0.3, 0.4) is 0 Å². The first-order valence-corrected chi connectivity index (χ1v) is 8.02. The van der Waals surface area contributed by atoms with E-state index in [1.807, 2.05) is 0 Å². The van der Waals surface area contributed by atoms with Crippen molar-refractivity contribution in [3.8, 4) is 0 Å². The summed E-state index contributed by atoms with van der Waals surface area (Å²) in [5.41, 5.74) is -0.348. The van der Waals surface area contributed by atoms with E-state index in [-0.39, 0.29) is 40.9 Å². The van der Waals surface area contributed by atoms with Gasteiger partial charge in [0.25, 0.3) is 5.69 Å². The molecule has 0 N–H and O–H groups in total. The van der Waals surface area contributed by atoms with Crippen LogP contribution >= 0.6 is 11.6 Å². The number of hydrogen-bond acceptors (Lipinski definition) is 5. The number of sulfonamides is 1. The number of nitro groups is 1. The third kappa shape index (κ3) is 3.07. The molecule has 9 heteroatoms. The zero-order chi connectivity index (χ0) is 15.8. The predicted molar refractivity (Wildman–Crippen MR) is 75.7 cm³/mol. The third-order valence-corrected chi connectivity index (χ3v) is 5.72. The van der Waals surface area contributed by atoms with Gasteiger partial charge in [0.15, 0.2) is 0 Å². The van der Waals surface area contributed by atoms with Crippen LogP contribution in [-0.2, 0) is 14.8 Å². The summed E-state index contributed by atoms with van der Waals surface area (Å²) in [4.78, 5) is 21.3. The van der Waals surface area contributed by atoms with Gasteiger partial charge in [-0.2, -0.15) is 4.31 Å². The molecule has 1 unspecified atom stereocenters. The lowest BCUT2D eigenvalue weighted by molar-refractivity contribution is -0.385. The standard InChI is InChI=1S/C12H13ClN2O5S/c1-8-7-14(5-4-11(8)16)21(19,20)12-6-9(15(17)18)2-3-10(12)13/h2-3,6,8H,4-5,7H2,1H3. The highest BCUT2D eigenvalue weighted by Gasteiger charge is 2.34. The fraction of sp³-hybridized carbons (Fsp3) is 0.417. The molecule has 1 saturated heterocycles. The molecule has 0 aromatic heterocycles. The Balaban J connectivity index is 2.42. The van der Waals surface area contributed by atoms with Gasteiger partial charge in [0.1, 0.15) is 10.7 Å². The van der Waals surface area contributed by atoms with Gasteiger partial charge < -0.3 is 0 Å². The molecule has 0 aliphatic carbocycles. The van der Waals surface area contributed by atoms with Crippen molar-refractivity contribution >= 4 is 33.1 Å². The average molecular weight is 333 g/mol. The zero-order valence-corrected chi connectivity index (χ0v) is 12.7. The molecule has 1 atom stereocenters. The molecule has 0 radical (unpaired) electrons. The van der Waals surface area contributed by atoms with E-state index in [1.165, 1.54) is 6.07 Å². The molecule has 0 spiro atoms. The number of benzene rings is 1. The van der Waals surface area contributed by atoms with Gasteiger partial charge >= 0.3 is 0 Å². The number of ketones is 1. The van der Waals surface area contributed by atoms with E-state index in [9.17, 15) is 23.3 Å². The van der Waals surface area contributed by atoms with Crippen molar-refractivity contribution < 1.29 is 18.1 Å². The Bertz CT molecular complexity index is 704. The second kappa shape index (κ2) is 5.70. The zero-order valence-electron chi connectivity index (χ0n) is 11.2. The minimum absolute atomic E-state index is 0.00610. The smallest absolute Gasteiger partial charge is 0.270 e. The van der Waals surface area contributed by atoms with Gasteiger partial charge in [0.05, 0.1) is 9.95 Å². The largest absolute Gasteiger partial charge is 0.299 e. The van der Waals surface area contributed by atoms with Crippen molar-refractivity contribution in [2.75, 3.05) is 13.1 Å². The van der Waals surface area contributed by atoms with Crippen LogP contribution in [0.15, 0.2) is 23.1 Å². The lowest BCUT2D eigenvalue weighted by atomic mass is 10.0. The molecular weight excluding hydrogens is 320 g/mol. The van der Waals surface area contributed by atoms with Gasteiger partial charge in [0, 0.05) is 37.6 Å². The minimum Gasteiger partial charge on any atom is -0.299 e. The summed E-state index contributed by atoms with van der Waals surface area (Å²) < 4.78 is 26.2. The van der Waals surface area contributed by atoms with Gasteiger partial charge in [-0.3, -0.25) is 14.9 Å². The van der Waals surface area contributed by atoms with Crippen molar-refractivity contribution in [2.24, 2.45) is 5.92 Å². The van der Waals surface area contributed by atoms with E-state index < -0.39 is 20.9 Å². The van der Waals surface area contributed by atoms with Gasteiger partial charge in [-0.05, 0) is 6.07 Å². The van der Waals surface area contributed by atoms with E-state index in [0.29, 0.717) is 0 Å². The van der Waals surface area contributed by atoms with Crippen LogP contribution in [-0.4, -0.2) is 36.5 Å². The number of Topliss-reactive ketones (excluding diaryl/α,β-unsaturated/α-hetero) is 1. The Morgan fingerprint density at radius 1 is 1.43 bits per heavy atom. The number of carbonyl (C=O) groups excluding carboxylic acids is 1. The molecule has 1 heterocycles. The summed E-state index contributed by atoms with van der Waals surface area (Å²) in [6, 6.07) is 3.27. The predicted octanol–water partition coefficient (Wildman–Crippen LogP) is 1.85. The number of nitro benzene ring substituents is 1. The number of non-ortho nitro benzene ring substituents is 1. The maximum atomic E-state index is 12.5. The Kier molecular flexibility index (Phi) is 4.31. The topological polar surface area (TPSA) is 97.6 Å². The van der Waals surface area contributed by atoms with E-state index >= 15 is 0 Å². The summed E-state index contributed by atoms with van der Waals surface area (Å²) in [5.74, 6) is -0.391. The molecule has 1 aromatic rings. The fourth-order valence-corrected chi connectivity index (χ4v) is 4.16. The van der Waals surface area contributed by atoms with Crippen molar-refractivity contribution in [2.45, 2.75) is 18.2 Å².